The number of urea groups is 1. The summed E-state index contributed by atoms with van der Waals surface area (Å²) in [5.41, 5.74) is 10.6. The molecular formula is C30H31N5O4S. The minimum atomic E-state index is -0.622. The zero-order chi connectivity index (χ0) is 28.9. The molecule has 0 aliphatic rings. The van der Waals surface area contributed by atoms with E-state index in [1.165, 1.54) is 17.4 Å². The SMILES string of the molecule is Cc1cccc(NC(=O)Nc2ccc(-c3csc4c(C=CC(=O)NCC(=O)OC(C)(C)C)cnc(N)c34)cc2)c1. The van der Waals surface area contributed by atoms with E-state index < -0.39 is 17.5 Å². The Labute approximate surface area is 236 Å². The molecule has 2 aromatic carbocycles. The normalized spacial score (nSPS) is 11.4. The molecular weight excluding hydrogens is 526 g/mol. The maximum absolute atomic E-state index is 12.4. The summed E-state index contributed by atoms with van der Waals surface area (Å²) in [5, 5.41) is 10.9. The van der Waals surface area contributed by atoms with Gasteiger partial charge in [0.25, 0.3) is 0 Å². The minimum Gasteiger partial charge on any atom is -0.459 e. The van der Waals surface area contributed by atoms with Crippen LogP contribution in [0.4, 0.5) is 22.0 Å². The first-order chi connectivity index (χ1) is 19.0. The third kappa shape index (κ3) is 7.45. The van der Waals surface area contributed by atoms with Crippen molar-refractivity contribution < 1.29 is 19.1 Å². The van der Waals surface area contributed by atoms with Gasteiger partial charge in [0.2, 0.25) is 5.91 Å². The van der Waals surface area contributed by atoms with Crippen molar-refractivity contribution in [2.75, 3.05) is 22.9 Å². The van der Waals surface area contributed by atoms with Crippen LogP contribution in [0, 0.1) is 6.92 Å². The Morgan fingerprint density at radius 1 is 1.05 bits per heavy atom. The lowest BCUT2D eigenvalue weighted by Crippen LogP contribution is -2.33. The Morgan fingerprint density at radius 3 is 2.48 bits per heavy atom. The molecule has 3 amide bonds. The van der Waals surface area contributed by atoms with Crippen LogP contribution in [0.25, 0.3) is 27.3 Å². The first-order valence-corrected chi connectivity index (χ1v) is 13.4. The summed E-state index contributed by atoms with van der Waals surface area (Å²) in [4.78, 5) is 40.8. The average Bonchev–Trinajstić information content (AvgIpc) is 3.33. The molecule has 206 valence electrons. The number of fused-ring (bicyclic) bond motifs is 1. The van der Waals surface area contributed by atoms with Crippen molar-refractivity contribution in [3.05, 3.63) is 77.3 Å². The van der Waals surface area contributed by atoms with Crippen molar-refractivity contribution in [2.24, 2.45) is 0 Å². The van der Waals surface area contributed by atoms with E-state index >= 15 is 0 Å². The second-order valence-corrected chi connectivity index (χ2v) is 11.0. The molecule has 0 aliphatic carbocycles. The number of nitrogen functional groups attached to an aromatic ring is 1. The number of carbonyl (C=O) groups is 3. The monoisotopic (exact) mass is 557 g/mol. The third-order valence-corrected chi connectivity index (χ3v) is 6.65. The highest BCUT2D eigenvalue weighted by molar-refractivity contribution is 7.18. The molecule has 0 aliphatic heterocycles. The van der Waals surface area contributed by atoms with Crippen molar-refractivity contribution >= 4 is 62.6 Å². The van der Waals surface area contributed by atoms with Crippen molar-refractivity contribution in [1.29, 1.82) is 0 Å². The summed E-state index contributed by atoms with van der Waals surface area (Å²) in [6, 6.07) is 14.7. The Kier molecular flexibility index (Phi) is 8.49. The summed E-state index contributed by atoms with van der Waals surface area (Å²) in [6.07, 6.45) is 4.59. The summed E-state index contributed by atoms with van der Waals surface area (Å²) in [6.45, 7) is 7.02. The van der Waals surface area contributed by atoms with E-state index in [9.17, 15) is 14.4 Å². The number of nitrogens with two attached hydrogens (primary N) is 1. The topological polar surface area (TPSA) is 135 Å². The lowest BCUT2D eigenvalue weighted by Gasteiger charge is -2.19. The molecule has 0 fully saturated rings. The minimum absolute atomic E-state index is 0.225. The fraction of sp³-hybridized carbons (Fsp3) is 0.200. The zero-order valence-electron chi connectivity index (χ0n) is 22.7. The molecule has 5 N–H and O–H groups in total. The number of rotatable bonds is 7. The second kappa shape index (κ2) is 12.0. The summed E-state index contributed by atoms with van der Waals surface area (Å²) in [7, 11) is 0. The first-order valence-electron chi connectivity index (χ1n) is 12.6. The number of carbonyl (C=O) groups excluding carboxylic acids is 3. The molecule has 10 heteroatoms. The number of anilines is 3. The molecule has 0 spiro atoms. The van der Waals surface area contributed by atoms with Crippen LogP contribution in [0.3, 0.4) is 0 Å². The van der Waals surface area contributed by atoms with Crippen LogP contribution in [-0.2, 0) is 14.3 Å². The molecule has 0 unspecified atom stereocenters. The number of esters is 1. The number of nitrogens with one attached hydrogen (secondary N) is 3. The Morgan fingerprint density at radius 2 is 1.77 bits per heavy atom. The number of nitrogens with zero attached hydrogens (tertiary/aromatic N) is 1. The van der Waals surface area contributed by atoms with E-state index in [1.54, 1.807) is 33.0 Å². The van der Waals surface area contributed by atoms with Gasteiger partial charge in [-0.05, 0) is 74.5 Å². The van der Waals surface area contributed by atoms with E-state index in [1.807, 2.05) is 60.8 Å². The van der Waals surface area contributed by atoms with Crippen LogP contribution >= 0.6 is 11.3 Å². The number of aryl methyl sites for hydroxylation is 1. The molecule has 4 rings (SSSR count). The quantitative estimate of drug-likeness (QED) is 0.163. The van der Waals surface area contributed by atoms with Crippen molar-refractivity contribution in [3.63, 3.8) is 0 Å². The number of hydrogen-bond donors (Lipinski definition) is 4. The van der Waals surface area contributed by atoms with E-state index in [4.69, 9.17) is 10.5 Å². The lowest BCUT2D eigenvalue weighted by molar-refractivity contribution is -0.154. The molecule has 0 radical (unpaired) electrons. The van der Waals surface area contributed by atoms with Gasteiger partial charge in [0.05, 0.1) is 0 Å². The molecule has 4 aromatic rings. The maximum atomic E-state index is 12.4. The summed E-state index contributed by atoms with van der Waals surface area (Å²) < 4.78 is 6.07. The summed E-state index contributed by atoms with van der Waals surface area (Å²) >= 11 is 1.49. The van der Waals surface area contributed by atoms with Crippen LogP contribution in [0.1, 0.15) is 31.9 Å². The number of ether oxygens (including phenoxy) is 1. The van der Waals surface area contributed by atoms with Crippen LogP contribution in [0.5, 0.6) is 0 Å². The van der Waals surface area contributed by atoms with E-state index in [0.717, 1.165) is 32.3 Å². The Hall–Kier alpha value is -4.70. The van der Waals surface area contributed by atoms with Gasteiger partial charge in [0.1, 0.15) is 18.0 Å². The number of hydrogen-bond acceptors (Lipinski definition) is 7. The molecule has 40 heavy (non-hydrogen) atoms. The van der Waals surface area contributed by atoms with E-state index in [-0.39, 0.29) is 12.6 Å². The molecule has 0 bridgehead atoms. The van der Waals surface area contributed by atoms with E-state index in [2.05, 4.69) is 20.9 Å². The maximum Gasteiger partial charge on any atom is 0.325 e. The molecule has 2 heterocycles. The standard InChI is InChI=1S/C30H31N5O4S/c1-18-6-5-7-22(14-18)35-29(38)34-21-11-8-19(9-12-21)23-17-40-27-20(15-33-28(31)26(23)27)10-13-24(36)32-16-25(37)39-30(2,3)4/h5-15,17H,16H2,1-4H3,(H2,31,33)(H,32,36)(H2,34,35,38). The highest BCUT2D eigenvalue weighted by Crippen LogP contribution is 2.39. The van der Waals surface area contributed by atoms with Gasteiger partial charge in [-0.25, -0.2) is 9.78 Å². The van der Waals surface area contributed by atoms with Crippen LogP contribution in [0.15, 0.2) is 66.2 Å². The van der Waals surface area contributed by atoms with Crippen LogP contribution in [-0.4, -0.2) is 35.0 Å². The van der Waals surface area contributed by atoms with Gasteiger partial charge >= 0.3 is 12.0 Å². The van der Waals surface area contributed by atoms with Crippen molar-refractivity contribution in [2.45, 2.75) is 33.3 Å². The first kappa shape index (κ1) is 28.3. The predicted molar refractivity (Wildman–Crippen MR) is 161 cm³/mol. The van der Waals surface area contributed by atoms with Gasteiger partial charge < -0.3 is 26.4 Å². The fourth-order valence-corrected chi connectivity index (χ4v) is 5.01. The van der Waals surface area contributed by atoms with Crippen LogP contribution < -0.4 is 21.7 Å². The van der Waals surface area contributed by atoms with Crippen LogP contribution in [0.2, 0.25) is 0 Å². The fourth-order valence-electron chi connectivity index (χ4n) is 3.93. The van der Waals surface area contributed by atoms with E-state index in [0.29, 0.717) is 17.2 Å². The largest absolute Gasteiger partial charge is 0.459 e. The average molecular weight is 558 g/mol. The number of aromatic nitrogens is 1. The third-order valence-electron chi connectivity index (χ3n) is 5.62. The molecule has 0 saturated heterocycles. The Balaban J connectivity index is 1.45. The number of thiophene rings is 1. The summed E-state index contributed by atoms with van der Waals surface area (Å²) in [5.74, 6) is -0.568. The van der Waals surface area contributed by atoms with Crippen molar-refractivity contribution in [1.82, 2.24) is 10.3 Å². The second-order valence-electron chi connectivity index (χ2n) is 10.1. The molecule has 0 saturated carbocycles. The smallest absolute Gasteiger partial charge is 0.325 e. The highest BCUT2D eigenvalue weighted by atomic mass is 32.1. The number of amides is 3. The van der Waals surface area contributed by atoms with Gasteiger partial charge in [0, 0.05) is 44.9 Å². The zero-order valence-corrected chi connectivity index (χ0v) is 23.5. The molecule has 0 atom stereocenters. The van der Waals surface area contributed by atoms with Gasteiger partial charge in [-0.3, -0.25) is 9.59 Å². The van der Waals surface area contributed by atoms with Gasteiger partial charge in [-0.2, -0.15) is 0 Å². The van der Waals surface area contributed by atoms with Gasteiger partial charge in [-0.15, -0.1) is 11.3 Å². The lowest BCUT2D eigenvalue weighted by atomic mass is 10.0. The molecule has 9 nitrogen and oxygen atoms in total. The van der Waals surface area contributed by atoms with Gasteiger partial charge in [0.15, 0.2) is 0 Å². The predicted octanol–water partition coefficient (Wildman–Crippen LogP) is 5.97. The van der Waals surface area contributed by atoms with Crippen molar-refractivity contribution in [3.8, 4) is 11.1 Å². The number of pyridine rings is 1. The number of benzene rings is 2. The molecule has 2 aromatic heterocycles. The highest BCUT2D eigenvalue weighted by Gasteiger charge is 2.17. The Bertz CT molecular complexity index is 1590. The van der Waals surface area contributed by atoms with Gasteiger partial charge in [-0.1, -0.05) is 24.3 Å².